The van der Waals surface area contributed by atoms with Crippen molar-refractivity contribution in [2.24, 2.45) is 4.99 Å². The number of aliphatic imine (C=N–C) groups is 1. The van der Waals surface area contributed by atoms with E-state index >= 15 is 0 Å². The lowest BCUT2D eigenvalue weighted by Gasteiger charge is -2.20. The molecule has 6 aromatic carbocycles. The van der Waals surface area contributed by atoms with Crippen molar-refractivity contribution in [3.05, 3.63) is 144 Å². The smallest absolute Gasteiger partial charge is 0.227 e. The number of nitrogens with zero attached hydrogens (tertiary/aromatic N) is 3. The van der Waals surface area contributed by atoms with Crippen molar-refractivity contribution in [3.63, 3.8) is 0 Å². The van der Waals surface area contributed by atoms with Crippen molar-refractivity contribution >= 4 is 56.1 Å². The molecule has 248 valence electrons. The first-order valence-corrected chi connectivity index (χ1v) is 17.6. The Balaban J connectivity index is 1.08. The molecule has 6 nitrogen and oxygen atoms in total. The summed E-state index contributed by atoms with van der Waals surface area (Å²) in [5, 5.41) is 14.7. The number of hydrogen-bond acceptors (Lipinski definition) is 4. The maximum Gasteiger partial charge on any atom is 0.227 e. The fourth-order valence-corrected chi connectivity index (χ4v) is 7.87. The Labute approximate surface area is 292 Å². The highest BCUT2D eigenvalue weighted by Crippen LogP contribution is 2.47. The summed E-state index contributed by atoms with van der Waals surface area (Å²) in [6, 6.07) is 40.4. The lowest BCUT2D eigenvalue weighted by Crippen LogP contribution is -2.31. The average molecular weight is 658 g/mol. The van der Waals surface area contributed by atoms with Crippen molar-refractivity contribution in [1.29, 1.82) is 0 Å². The predicted molar refractivity (Wildman–Crippen MR) is 203 cm³/mol. The molecular weight excluding hydrogens is 619 g/mol. The summed E-state index contributed by atoms with van der Waals surface area (Å²) in [4.78, 5) is 36.5. The van der Waals surface area contributed by atoms with Crippen LogP contribution in [-0.4, -0.2) is 35.7 Å². The molecule has 8 rings (SSSR count). The summed E-state index contributed by atoms with van der Waals surface area (Å²) >= 11 is 0. The minimum atomic E-state index is -0.0172. The number of amides is 2. The number of anilines is 2. The zero-order valence-electron chi connectivity index (χ0n) is 28.2. The lowest BCUT2D eigenvalue weighted by atomic mass is 9.92. The first-order valence-electron chi connectivity index (χ1n) is 17.6. The van der Waals surface area contributed by atoms with E-state index in [1.54, 1.807) is 11.0 Å². The average Bonchev–Trinajstić information content (AvgIpc) is 3.76. The van der Waals surface area contributed by atoms with Crippen molar-refractivity contribution in [1.82, 2.24) is 0 Å². The summed E-state index contributed by atoms with van der Waals surface area (Å²) in [5.41, 5.74) is 7.75. The van der Waals surface area contributed by atoms with Crippen LogP contribution in [0.4, 0.5) is 17.1 Å². The van der Waals surface area contributed by atoms with E-state index in [1.165, 1.54) is 5.56 Å². The van der Waals surface area contributed by atoms with E-state index in [1.807, 2.05) is 65.6 Å². The van der Waals surface area contributed by atoms with Crippen molar-refractivity contribution in [3.8, 4) is 5.75 Å². The highest BCUT2D eigenvalue weighted by Gasteiger charge is 2.34. The zero-order chi connectivity index (χ0) is 34.2. The highest BCUT2D eigenvalue weighted by atomic mass is 16.3. The molecule has 0 spiro atoms. The third-order valence-corrected chi connectivity index (χ3v) is 10.3. The first-order chi connectivity index (χ1) is 24.5. The summed E-state index contributed by atoms with van der Waals surface area (Å²) in [7, 11) is 0. The number of phenolic OH excluding ortho intramolecular Hbond substituents is 1. The Morgan fingerprint density at radius 1 is 0.700 bits per heavy atom. The van der Waals surface area contributed by atoms with Crippen LogP contribution in [0.25, 0.3) is 21.5 Å². The molecule has 0 aliphatic carbocycles. The van der Waals surface area contributed by atoms with Gasteiger partial charge in [0.1, 0.15) is 5.75 Å². The maximum atomic E-state index is 14.0. The molecule has 50 heavy (non-hydrogen) atoms. The molecule has 0 saturated carbocycles. The van der Waals surface area contributed by atoms with Crippen LogP contribution in [0.15, 0.2) is 126 Å². The van der Waals surface area contributed by atoms with Crippen molar-refractivity contribution in [2.45, 2.75) is 44.9 Å². The Morgan fingerprint density at radius 3 is 1.94 bits per heavy atom. The SMILES string of the molecule is CC[C@H]1CN(C(=O)CCCC(=O)N2CCc3c2cc(O)c2ccccc32)c2cc(N=C(c3ccccc3)c3ccccc3)c3ccccc3c21. The highest BCUT2D eigenvalue weighted by molar-refractivity contribution is 6.16. The molecular formula is C44H39N3O3. The molecule has 2 amide bonds. The monoisotopic (exact) mass is 657 g/mol. The maximum absolute atomic E-state index is 14.0. The van der Waals surface area contributed by atoms with Gasteiger partial charge in [-0.3, -0.25) is 9.59 Å². The minimum Gasteiger partial charge on any atom is -0.507 e. The normalized spacial score (nSPS) is 14.9. The number of rotatable bonds is 8. The van der Waals surface area contributed by atoms with Gasteiger partial charge in [-0.05, 0) is 47.2 Å². The third-order valence-electron chi connectivity index (χ3n) is 10.3. The van der Waals surface area contributed by atoms with Crippen LogP contribution in [0.2, 0.25) is 0 Å². The van der Waals surface area contributed by atoms with Crippen molar-refractivity contribution < 1.29 is 14.7 Å². The Kier molecular flexibility index (Phi) is 8.37. The minimum absolute atomic E-state index is 0.0172. The van der Waals surface area contributed by atoms with Crippen LogP contribution in [0.5, 0.6) is 5.75 Å². The summed E-state index contributed by atoms with van der Waals surface area (Å²) in [5.74, 6) is 0.404. The van der Waals surface area contributed by atoms with E-state index in [0.717, 1.165) is 73.9 Å². The fourth-order valence-electron chi connectivity index (χ4n) is 7.87. The number of fused-ring (bicyclic) bond motifs is 6. The molecule has 6 heteroatoms. The second kappa shape index (κ2) is 13.3. The van der Waals surface area contributed by atoms with Crippen molar-refractivity contribution in [2.75, 3.05) is 22.9 Å². The molecule has 6 aromatic rings. The molecule has 1 atom stereocenters. The van der Waals surface area contributed by atoms with Gasteiger partial charge in [-0.2, -0.15) is 0 Å². The zero-order valence-corrected chi connectivity index (χ0v) is 28.2. The largest absolute Gasteiger partial charge is 0.507 e. The Hall–Kier alpha value is -5.75. The van der Waals surface area contributed by atoms with Crippen LogP contribution >= 0.6 is 0 Å². The Bertz CT molecular complexity index is 2240. The van der Waals surface area contributed by atoms with Gasteiger partial charge in [0.2, 0.25) is 11.8 Å². The van der Waals surface area contributed by atoms with Crippen LogP contribution in [0.1, 0.15) is 60.8 Å². The number of benzene rings is 6. The lowest BCUT2D eigenvalue weighted by molar-refractivity contribution is -0.119. The summed E-state index contributed by atoms with van der Waals surface area (Å²) in [6.45, 7) is 3.38. The second-order valence-corrected chi connectivity index (χ2v) is 13.3. The molecule has 0 aromatic heterocycles. The molecule has 0 bridgehead atoms. The third kappa shape index (κ3) is 5.61. The molecule has 2 aliphatic rings. The van der Waals surface area contributed by atoms with Gasteiger partial charge in [0, 0.05) is 65.5 Å². The van der Waals surface area contributed by atoms with E-state index in [9.17, 15) is 14.7 Å². The number of aromatic hydroxyl groups is 1. The van der Waals surface area contributed by atoms with Gasteiger partial charge in [-0.15, -0.1) is 0 Å². The number of carbonyl (C=O) groups excluding carboxylic acids is 2. The second-order valence-electron chi connectivity index (χ2n) is 13.3. The molecule has 2 heterocycles. The molecule has 2 aliphatic heterocycles. The summed E-state index contributed by atoms with van der Waals surface area (Å²) < 4.78 is 0. The van der Waals surface area contributed by atoms with Crippen LogP contribution < -0.4 is 9.80 Å². The van der Waals surface area contributed by atoms with Crippen LogP contribution in [0.3, 0.4) is 0 Å². The van der Waals surface area contributed by atoms with Gasteiger partial charge in [0.25, 0.3) is 0 Å². The molecule has 0 radical (unpaired) electrons. The molecule has 0 saturated heterocycles. The number of hydrogen-bond donors (Lipinski definition) is 1. The van der Waals surface area contributed by atoms with Crippen LogP contribution in [-0.2, 0) is 16.0 Å². The van der Waals surface area contributed by atoms with E-state index in [4.69, 9.17) is 4.99 Å². The van der Waals surface area contributed by atoms with E-state index in [0.29, 0.717) is 19.5 Å². The predicted octanol–water partition coefficient (Wildman–Crippen LogP) is 9.47. The number of carbonyl (C=O) groups is 2. The van der Waals surface area contributed by atoms with E-state index < -0.39 is 0 Å². The Morgan fingerprint density at radius 2 is 1.28 bits per heavy atom. The fraction of sp³-hybridized carbons (Fsp3) is 0.205. The van der Waals surface area contributed by atoms with E-state index in [2.05, 4.69) is 61.5 Å². The molecule has 1 N–H and O–H groups in total. The topological polar surface area (TPSA) is 73.2 Å². The van der Waals surface area contributed by atoms with E-state index in [-0.39, 0.29) is 36.3 Å². The summed E-state index contributed by atoms with van der Waals surface area (Å²) in [6.07, 6.45) is 2.66. The molecule has 0 unspecified atom stereocenters. The van der Waals surface area contributed by atoms with Gasteiger partial charge in [-0.25, -0.2) is 4.99 Å². The van der Waals surface area contributed by atoms with Gasteiger partial charge in [0.05, 0.1) is 17.1 Å². The molecule has 0 fully saturated rings. The van der Waals surface area contributed by atoms with Crippen LogP contribution in [0, 0.1) is 0 Å². The van der Waals surface area contributed by atoms with Gasteiger partial charge >= 0.3 is 0 Å². The van der Waals surface area contributed by atoms with Gasteiger partial charge < -0.3 is 14.9 Å². The van der Waals surface area contributed by atoms with Gasteiger partial charge in [-0.1, -0.05) is 116 Å². The quantitative estimate of drug-likeness (QED) is 0.166. The standard InChI is InChI=1S/C44H39N3O3/c1-2-29-28-47(42(50)23-13-22-41(49)46-25-24-34-32-18-9-11-20-35(32)40(48)27-38(34)46)39-26-37(33-19-10-12-21-36(33)43(29)39)45-44(30-14-5-3-6-15-30)31-16-7-4-8-17-31/h3-12,14-21,26-27,29,48H,2,13,22-25,28H2,1H3/t29-/m0/s1. The first kappa shape index (κ1) is 31.5. The number of phenols is 1. The van der Waals surface area contributed by atoms with Gasteiger partial charge in [0.15, 0.2) is 0 Å².